The number of likely N-dealkylation sites (N-methyl/N-ethyl adjacent to an activating group) is 1. The molecule has 0 bridgehead atoms. The van der Waals surface area contributed by atoms with E-state index < -0.39 is 0 Å². The van der Waals surface area contributed by atoms with Gasteiger partial charge in [0.2, 0.25) is 0 Å². The molecule has 1 aromatic heterocycles. The summed E-state index contributed by atoms with van der Waals surface area (Å²) in [5.74, 6) is -0.529. The summed E-state index contributed by atoms with van der Waals surface area (Å²) in [6, 6.07) is 14.1. The molecule has 0 radical (unpaired) electrons. The molecule has 1 aliphatic rings. The fourth-order valence-corrected chi connectivity index (χ4v) is 3.50. The number of aromatic nitrogens is 2. The highest BCUT2D eigenvalue weighted by molar-refractivity contribution is 6.06. The number of rotatable bonds is 5. The maximum Gasteiger partial charge on any atom is 0.258 e. The van der Waals surface area contributed by atoms with Crippen molar-refractivity contribution in [2.75, 3.05) is 43.0 Å². The summed E-state index contributed by atoms with van der Waals surface area (Å²) in [7, 11) is 2.12. The second-order valence-corrected chi connectivity index (χ2v) is 7.28. The molecule has 1 saturated heterocycles. The predicted octanol–water partition coefficient (Wildman–Crippen LogP) is 3.15. The van der Waals surface area contributed by atoms with Crippen LogP contribution in [0.1, 0.15) is 15.9 Å². The Balaban J connectivity index is 1.55. The number of H-pyrrole nitrogens is 1. The number of carbonyl (C=O) groups is 1. The molecule has 1 N–H and O–H groups in total. The van der Waals surface area contributed by atoms with Crippen molar-refractivity contribution in [2.45, 2.75) is 6.54 Å². The highest BCUT2D eigenvalue weighted by atomic mass is 19.1. The molecule has 2 heterocycles. The van der Waals surface area contributed by atoms with Gasteiger partial charge in [0.25, 0.3) is 5.91 Å². The van der Waals surface area contributed by atoms with Gasteiger partial charge in [-0.05, 0) is 37.4 Å². The van der Waals surface area contributed by atoms with Crippen LogP contribution in [0.3, 0.4) is 0 Å². The van der Waals surface area contributed by atoms with Gasteiger partial charge in [-0.1, -0.05) is 18.2 Å². The predicted molar refractivity (Wildman–Crippen MR) is 112 cm³/mol. The van der Waals surface area contributed by atoms with Gasteiger partial charge in [0.05, 0.1) is 18.4 Å². The smallest absolute Gasteiger partial charge is 0.258 e. The molecule has 0 saturated carbocycles. The van der Waals surface area contributed by atoms with Crippen molar-refractivity contribution in [1.29, 1.82) is 0 Å². The molecule has 0 spiro atoms. The zero-order valence-corrected chi connectivity index (χ0v) is 16.4. The number of nitrogens with one attached hydrogen (secondary N) is 1. The minimum Gasteiger partial charge on any atom is -0.369 e. The molecule has 3 aromatic rings. The monoisotopic (exact) mass is 393 g/mol. The summed E-state index contributed by atoms with van der Waals surface area (Å²) in [6.07, 6.45) is 3.20. The van der Waals surface area contributed by atoms with E-state index in [9.17, 15) is 9.18 Å². The van der Waals surface area contributed by atoms with E-state index in [1.807, 2.05) is 24.3 Å². The van der Waals surface area contributed by atoms with E-state index in [4.69, 9.17) is 0 Å². The average molecular weight is 393 g/mol. The minimum absolute atomic E-state index is 0.130. The van der Waals surface area contributed by atoms with Gasteiger partial charge in [-0.15, -0.1) is 0 Å². The van der Waals surface area contributed by atoms with Gasteiger partial charge in [-0.25, -0.2) is 4.39 Å². The molecule has 6 nitrogen and oxygen atoms in total. The van der Waals surface area contributed by atoms with Gasteiger partial charge in [-0.2, -0.15) is 5.10 Å². The standard InChI is InChI=1S/C22H24FN5O/c1-26-10-12-27(13-11-26)19-8-6-17(7-9-19)22(29)28(20-14-24-25-15-20)16-18-4-2-3-5-21(18)23/h2-9,14-15H,10-13,16H2,1H3,(H,24,25). The molecule has 0 unspecified atom stereocenters. The molecule has 2 aromatic carbocycles. The Morgan fingerprint density at radius 3 is 2.48 bits per heavy atom. The minimum atomic E-state index is -0.334. The number of nitrogens with zero attached hydrogens (tertiary/aromatic N) is 4. The lowest BCUT2D eigenvalue weighted by Gasteiger charge is -2.34. The molecule has 29 heavy (non-hydrogen) atoms. The van der Waals surface area contributed by atoms with Crippen LogP contribution in [0.4, 0.5) is 15.8 Å². The number of anilines is 2. The zero-order chi connectivity index (χ0) is 20.2. The molecule has 1 fully saturated rings. The molecule has 1 amide bonds. The maximum atomic E-state index is 14.2. The molecule has 150 valence electrons. The SMILES string of the molecule is CN1CCN(c2ccc(C(=O)N(Cc3ccccc3F)c3cn[nH]c3)cc2)CC1. The van der Waals surface area contributed by atoms with E-state index in [-0.39, 0.29) is 18.3 Å². The van der Waals surface area contributed by atoms with Crippen LogP contribution >= 0.6 is 0 Å². The summed E-state index contributed by atoms with van der Waals surface area (Å²) in [5.41, 5.74) is 2.72. The zero-order valence-electron chi connectivity index (χ0n) is 16.4. The number of halogens is 1. The largest absolute Gasteiger partial charge is 0.369 e. The van der Waals surface area contributed by atoms with Crippen LogP contribution in [0.5, 0.6) is 0 Å². The summed E-state index contributed by atoms with van der Waals surface area (Å²) >= 11 is 0. The first-order valence-corrected chi connectivity index (χ1v) is 9.69. The van der Waals surface area contributed by atoms with Crippen LogP contribution in [-0.2, 0) is 6.54 Å². The van der Waals surface area contributed by atoms with Crippen LogP contribution in [0.15, 0.2) is 60.9 Å². The number of carbonyl (C=O) groups excluding carboxylic acids is 1. The van der Waals surface area contributed by atoms with Crippen molar-refractivity contribution >= 4 is 17.3 Å². The third-order valence-electron chi connectivity index (χ3n) is 5.31. The molecular weight excluding hydrogens is 369 g/mol. The highest BCUT2D eigenvalue weighted by Crippen LogP contribution is 2.22. The molecule has 0 aliphatic carbocycles. The van der Waals surface area contributed by atoms with Crippen molar-refractivity contribution in [2.24, 2.45) is 0 Å². The number of piperazine rings is 1. The van der Waals surface area contributed by atoms with Gasteiger partial charge in [0.15, 0.2) is 0 Å². The quantitative estimate of drug-likeness (QED) is 0.724. The lowest BCUT2D eigenvalue weighted by atomic mass is 10.1. The van der Waals surface area contributed by atoms with Gasteiger partial charge < -0.3 is 14.7 Å². The third-order valence-corrected chi connectivity index (χ3v) is 5.31. The molecule has 4 rings (SSSR count). The molecule has 0 atom stereocenters. The topological polar surface area (TPSA) is 55.5 Å². The third kappa shape index (κ3) is 4.30. The number of aromatic amines is 1. The van der Waals surface area contributed by atoms with Crippen LogP contribution < -0.4 is 9.80 Å². The van der Waals surface area contributed by atoms with E-state index in [2.05, 4.69) is 27.0 Å². The van der Waals surface area contributed by atoms with Crippen molar-refractivity contribution in [3.63, 3.8) is 0 Å². The fourth-order valence-electron chi connectivity index (χ4n) is 3.50. The van der Waals surface area contributed by atoms with Crippen LogP contribution in [0.2, 0.25) is 0 Å². The molecule has 7 heteroatoms. The average Bonchev–Trinajstić information content (AvgIpc) is 3.28. The van der Waals surface area contributed by atoms with E-state index in [0.29, 0.717) is 16.8 Å². The van der Waals surface area contributed by atoms with Crippen LogP contribution in [0.25, 0.3) is 0 Å². The Morgan fingerprint density at radius 2 is 1.83 bits per heavy atom. The van der Waals surface area contributed by atoms with E-state index >= 15 is 0 Å². The Bertz CT molecular complexity index is 950. The van der Waals surface area contributed by atoms with Gasteiger partial charge in [0, 0.05) is 49.2 Å². The number of amides is 1. The number of benzene rings is 2. The Hall–Kier alpha value is -3.19. The van der Waals surface area contributed by atoms with Crippen molar-refractivity contribution in [3.8, 4) is 0 Å². The van der Waals surface area contributed by atoms with Crippen molar-refractivity contribution in [1.82, 2.24) is 15.1 Å². The fraction of sp³-hybridized carbons (Fsp3) is 0.273. The number of hydrogen-bond acceptors (Lipinski definition) is 4. The first-order valence-electron chi connectivity index (χ1n) is 9.69. The van der Waals surface area contributed by atoms with Crippen LogP contribution in [-0.4, -0.2) is 54.2 Å². The summed E-state index contributed by atoms with van der Waals surface area (Å²) < 4.78 is 14.2. The maximum absolute atomic E-state index is 14.2. The number of hydrogen-bond donors (Lipinski definition) is 1. The summed E-state index contributed by atoms with van der Waals surface area (Å²) in [4.78, 5) is 19.4. The Kier molecular flexibility index (Phi) is 5.57. The molecule has 1 aliphatic heterocycles. The van der Waals surface area contributed by atoms with Gasteiger partial charge in [-0.3, -0.25) is 9.89 Å². The lowest BCUT2D eigenvalue weighted by molar-refractivity contribution is 0.0985. The van der Waals surface area contributed by atoms with Crippen molar-refractivity contribution < 1.29 is 9.18 Å². The van der Waals surface area contributed by atoms with Crippen LogP contribution in [0, 0.1) is 5.82 Å². The van der Waals surface area contributed by atoms with E-state index in [1.54, 1.807) is 30.6 Å². The van der Waals surface area contributed by atoms with Crippen molar-refractivity contribution in [3.05, 3.63) is 77.9 Å². The Labute approximate surface area is 169 Å². The normalized spacial score (nSPS) is 14.8. The lowest BCUT2D eigenvalue weighted by Crippen LogP contribution is -2.44. The summed E-state index contributed by atoms with van der Waals surface area (Å²) in [6.45, 7) is 4.12. The second kappa shape index (κ2) is 8.45. The first kappa shape index (κ1) is 19.1. The van der Waals surface area contributed by atoms with E-state index in [1.165, 1.54) is 11.0 Å². The van der Waals surface area contributed by atoms with E-state index in [0.717, 1.165) is 31.9 Å². The van der Waals surface area contributed by atoms with Gasteiger partial charge in [0.1, 0.15) is 5.82 Å². The molecular formula is C22H24FN5O. The summed E-state index contributed by atoms with van der Waals surface area (Å²) in [5, 5.41) is 6.67. The second-order valence-electron chi connectivity index (χ2n) is 7.28. The van der Waals surface area contributed by atoms with Gasteiger partial charge >= 0.3 is 0 Å². The highest BCUT2D eigenvalue weighted by Gasteiger charge is 2.21. The first-order chi connectivity index (χ1) is 14.1. The Morgan fingerprint density at radius 1 is 1.10 bits per heavy atom.